The summed E-state index contributed by atoms with van der Waals surface area (Å²) >= 11 is 0. The molecule has 416 valence electrons. The zero-order valence-corrected chi connectivity index (χ0v) is 48.6. The number of hydrogen-bond donors (Lipinski definition) is 5. The number of benzene rings is 9. The Morgan fingerprint density at radius 3 is 1.20 bits per heavy atom. The van der Waals surface area contributed by atoms with Gasteiger partial charge in [0, 0.05) is 12.2 Å². The fourth-order valence-corrected chi connectivity index (χ4v) is 16.0. The van der Waals surface area contributed by atoms with E-state index >= 15 is 4.79 Å². The Hall–Kier alpha value is -8.67. The zero-order valence-electron chi connectivity index (χ0n) is 47.6. The Kier molecular flexibility index (Phi) is 18.9. The lowest BCUT2D eigenvalue weighted by atomic mass is 9.76. The molecule has 2 atom stereocenters. The molecule has 0 unspecified atom stereocenters. The molecule has 0 aliphatic heterocycles. The maximum atomic E-state index is 15.3. The standard InChI is InChI=1S/C72H75N5O4Si/c1-54(2)66(76-71(56-31-14-6-15-32-56,57-33-16-7-17-34-57)58-35-18-8-19-36-58)68(79)75-65(47-30-52-73-69(80)77-72(59-37-20-9-21-38-59,60-39-22-10-23-40-60)61-41-24-11-25-42-61)67(78)74-62-50-48-55(49-51-62)53-81-82(70(3,4)5,63-43-26-12-27-44-63)64-45-28-13-29-46-64/h6-29,31-46,48-51,54,65-66,76H,30,47,52-53H2,1-5H3,(H,74,78)(H,75,79)(H2,73,77,80)/t65-,66-/m0/s1. The predicted molar refractivity (Wildman–Crippen MR) is 335 cm³/mol. The molecule has 0 saturated heterocycles. The number of urea groups is 1. The number of amides is 4. The summed E-state index contributed by atoms with van der Waals surface area (Å²) in [7, 11) is -2.82. The van der Waals surface area contributed by atoms with Crippen molar-refractivity contribution in [1.82, 2.24) is 21.3 Å². The topological polar surface area (TPSA) is 121 Å². The van der Waals surface area contributed by atoms with Gasteiger partial charge in [0.2, 0.25) is 11.8 Å². The summed E-state index contributed by atoms with van der Waals surface area (Å²) in [6.45, 7) is 11.4. The molecule has 0 fully saturated rings. The van der Waals surface area contributed by atoms with Gasteiger partial charge in [-0.3, -0.25) is 14.9 Å². The van der Waals surface area contributed by atoms with Crippen LogP contribution in [-0.2, 0) is 31.7 Å². The van der Waals surface area contributed by atoms with Crippen molar-refractivity contribution in [2.24, 2.45) is 5.92 Å². The number of anilines is 1. The minimum Gasteiger partial charge on any atom is -0.403 e. The van der Waals surface area contributed by atoms with Crippen molar-refractivity contribution in [3.8, 4) is 0 Å². The van der Waals surface area contributed by atoms with Gasteiger partial charge in [-0.25, -0.2) is 4.79 Å². The molecule has 0 heterocycles. The fourth-order valence-electron chi connectivity index (χ4n) is 11.5. The molecule has 10 heteroatoms. The monoisotopic (exact) mass is 1100 g/mol. The van der Waals surface area contributed by atoms with Gasteiger partial charge in [0.15, 0.2) is 0 Å². The second kappa shape index (κ2) is 26.7. The average Bonchev–Trinajstić information content (AvgIpc) is 2.76. The lowest BCUT2D eigenvalue weighted by molar-refractivity contribution is -0.129. The second-order valence-electron chi connectivity index (χ2n) is 22.3. The smallest absolute Gasteiger partial charge is 0.316 e. The van der Waals surface area contributed by atoms with Crippen molar-refractivity contribution in [3.63, 3.8) is 0 Å². The van der Waals surface area contributed by atoms with Crippen LogP contribution in [0.3, 0.4) is 0 Å². The molecule has 0 aliphatic rings. The van der Waals surface area contributed by atoms with Crippen LogP contribution < -0.4 is 37.0 Å². The van der Waals surface area contributed by atoms with E-state index in [0.29, 0.717) is 18.7 Å². The van der Waals surface area contributed by atoms with Gasteiger partial charge in [-0.1, -0.05) is 289 Å². The summed E-state index contributed by atoms with van der Waals surface area (Å²) in [4.78, 5) is 44.5. The van der Waals surface area contributed by atoms with Crippen molar-refractivity contribution in [1.29, 1.82) is 0 Å². The van der Waals surface area contributed by atoms with E-state index in [1.165, 1.54) is 10.4 Å². The van der Waals surface area contributed by atoms with Crippen LogP contribution in [0.15, 0.2) is 267 Å². The van der Waals surface area contributed by atoms with Crippen LogP contribution in [0.25, 0.3) is 0 Å². The van der Waals surface area contributed by atoms with Crippen LogP contribution in [-0.4, -0.2) is 44.8 Å². The number of hydrogen-bond acceptors (Lipinski definition) is 5. The summed E-state index contributed by atoms with van der Waals surface area (Å²) in [6, 6.07) is 87.1. The lowest BCUT2D eigenvalue weighted by Gasteiger charge is -2.43. The van der Waals surface area contributed by atoms with E-state index in [1.54, 1.807) is 0 Å². The molecule has 82 heavy (non-hydrogen) atoms. The fraction of sp³-hybridized carbons (Fsp3) is 0.208. The third-order valence-corrected chi connectivity index (χ3v) is 20.5. The highest BCUT2D eigenvalue weighted by molar-refractivity contribution is 6.99. The van der Waals surface area contributed by atoms with E-state index in [2.05, 4.69) is 132 Å². The minimum atomic E-state index is -2.82. The molecule has 9 nitrogen and oxygen atoms in total. The van der Waals surface area contributed by atoms with Crippen molar-refractivity contribution in [2.75, 3.05) is 11.9 Å². The summed E-state index contributed by atoms with van der Waals surface area (Å²) in [5.41, 5.74) is 5.11. The van der Waals surface area contributed by atoms with Crippen LogP contribution in [0, 0.1) is 5.92 Å². The number of carbonyl (C=O) groups is 3. The second-order valence-corrected chi connectivity index (χ2v) is 26.6. The van der Waals surface area contributed by atoms with Gasteiger partial charge in [0.25, 0.3) is 8.32 Å². The van der Waals surface area contributed by atoms with Gasteiger partial charge in [0.05, 0.1) is 18.2 Å². The Bertz CT molecular complexity index is 3190. The predicted octanol–water partition coefficient (Wildman–Crippen LogP) is 12.9. The van der Waals surface area contributed by atoms with Crippen LogP contribution in [0.4, 0.5) is 10.5 Å². The Morgan fingerprint density at radius 1 is 0.463 bits per heavy atom. The highest BCUT2D eigenvalue weighted by atomic mass is 28.4. The highest BCUT2D eigenvalue weighted by Gasteiger charge is 2.50. The minimum absolute atomic E-state index is 0.199. The Labute approximate surface area is 485 Å². The van der Waals surface area contributed by atoms with Crippen molar-refractivity contribution in [2.45, 2.75) is 82.3 Å². The van der Waals surface area contributed by atoms with E-state index in [4.69, 9.17) is 4.43 Å². The normalized spacial score (nSPS) is 12.7. The van der Waals surface area contributed by atoms with E-state index in [0.717, 1.165) is 38.9 Å². The SMILES string of the molecule is CC(C)[C@H](NC(c1ccccc1)(c1ccccc1)c1ccccc1)C(=O)N[C@@H](CCCNC(=O)NC(c1ccccc1)(c1ccccc1)c1ccccc1)C(=O)Nc1ccc(CO[Si](c2ccccc2)(c2ccccc2)C(C)(C)C)cc1. The van der Waals surface area contributed by atoms with Gasteiger partial charge >= 0.3 is 6.03 Å². The molecule has 0 saturated carbocycles. The lowest BCUT2D eigenvalue weighted by Crippen LogP contribution is -2.66. The summed E-state index contributed by atoms with van der Waals surface area (Å²) in [6.07, 6.45) is 0.580. The quantitative estimate of drug-likeness (QED) is 0.0248. The Balaban J connectivity index is 0.983. The van der Waals surface area contributed by atoms with Gasteiger partial charge < -0.3 is 25.7 Å². The third kappa shape index (κ3) is 12.9. The zero-order chi connectivity index (χ0) is 57.4. The molecule has 0 radical (unpaired) electrons. The molecule has 9 rings (SSSR count). The summed E-state index contributed by atoms with van der Waals surface area (Å²) < 4.78 is 7.25. The molecule has 0 spiro atoms. The van der Waals surface area contributed by atoms with Crippen LogP contribution in [0.5, 0.6) is 0 Å². The molecule has 9 aromatic carbocycles. The van der Waals surface area contributed by atoms with E-state index in [9.17, 15) is 9.59 Å². The Morgan fingerprint density at radius 2 is 0.829 bits per heavy atom. The first-order valence-corrected chi connectivity index (χ1v) is 30.4. The molecule has 0 bridgehead atoms. The summed E-state index contributed by atoms with van der Waals surface area (Å²) in [5, 5.41) is 18.9. The third-order valence-electron chi connectivity index (χ3n) is 15.5. The molecule has 5 N–H and O–H groups in total. The van der Waals surface area contributed by atoms with Crippen molar-refractivity contribution < 1.29 is 18.8 Å². The number of nitrogens with one attached hydrogen (secondary N) is 5. The van der Waals surface area contributed by atoms with Gasteiger partial charge in [0.1, 0.15) is 11.6 Å². The largest absolute Gasteiger partial charge is 0.403 e. The van der Waals surface area contributed by atoms with Gasteiger partial charge in [-0.05, 0) is 85.2 Å². The molecule has 4 amide bonds. The maximum absolute atomic E-state index is 15.3. The van der Waals surface area contributed by atoms with Crippen molar-refractivity contribution >= 4 is 42.2 Å². The maximum Gasteiger partial charge on any atom is 0.316 e. The average molecular weight is 1100 g/mol. The van der Waals surface area contributed by atoms with Gasteiger partial charge in [-0.15, -0.1) is 0 Å². The molecule has 0 aromatic heterocycles. The molecular formula is C72H75N5O4Si. The first-order valence-electron chi connectivity index (χ1n) is 28.5. The van der Waals surface area contributed by atoms with Crippen LogP contribution in [0.1, 0.15) is 86.4 Å². The first kappa shape index (κ1) is 58.0. The van der Waals surface area contributed by atoms with E-state index in [1.807, 2.05) is 196 Å². The molecule has 0 aliphatic carbocycles. The van der Waals surface area contributed by atoms with E-state index in [-0.39, 0.29) is 41.8 Å². The summed E-state index contributed by atoms with van der Waals surface area (Å²) in [5.74, 6) is -0.933. The molecular weight excluding hydrogens is 1030 g/mol. The van der Waals surface area contributed by atoms with E-state index < -0.39 is 31.5 Å². The van der Waals surface area contributed by atoms with Crippen molar-refractivity contribution in [3.05, 3.63) is 306 Å². The van der Waals surface area contributed by atoms with Crippen LogP contribution in [0.2, 0.25) is 5.04 Å². The number of carbonyl (C=O) groups excluding carboxylic acids is 3. The van der Waals surface area contributed by atoms with Gasteiger partial charge in [-0.2, -0.15) is 0 Å². The molecule has 9 aromatic rings. The van der Waals surface area contributed by atoms with Crippen LogP contribution >= 0.6 is 0 Å². The number of rotatable bonds is 23. The highest BCUT2D eigenvalue weighted by Crippen LogP contribution is 2.40. The first-order chi connectivity index (χ1) is 39.8.